The lowest BCUT2D eigenvalue weighted by atomic mass is 9.80. The van der Waals surface area contributed by atoms with Crippen LogP contribution in [0.25, 0.3) is 5.57 Å². The van der Waals surface area contributed by atoms with Crippen LogP contribution >= 0.6 is 34.8 Å². The molecule has 0 unspecified atom stereocenters. The molecule has 3 aromatic rings. The number of carbonyl (C=O) groups excluding carboxylic acids is 1. The Morgan fingerprint density at radius 2 is 1.22 bits per heavy atom. The van der Waals surface area contributed by atoms with Crippen molar-refractivity contribution in [2.75, 3.05) is 0 Å². The Kier molecular flexibility index (Phi) is 4.86. The molecule has 3 aromatic carbocycles. The summed E-state index contributed by atoms with van der Waals surface area (Å²) in [7, 11) is 0. The number of hydrogen-bond donors (Lipinski definition) is 0. The van der Waals surface area contributed by atoms with E-state index in [-0.39, 0.29) is 5.78 Å². The molecular weight excluding hydrogens is 399 g/mol. The Morgan fingerprint density at radius 3 is 1.78 bits per heavy atom. The Bertz CT molecular complexity index is 982. The Labute approximate surface area is 173 Å². The molecule has 0 radical (unpaired) electrons. The molecule has 0 amide bonds. The van der Waals surface area contributed by atoms with E-state index in [9.17, 15) is 4.79 Å². The maximum Gasteiger partial charge on any atom is 0.191 e. The maximum absolute atomic E-state index is 13.4. The summed E-state index contributed by atoms with van der Waals surface area (Å²) in [6, 6.07) is 26.5. The van der Waals surface area contributed by atoms with Crippen molar-refractivity contribution in [2.24, 2.45) is 0 Å². The van der Waals surface area contributed by atoms with Gasteiger partial charge in [-0.1, -0.05) is 108 Å². The lowest BCUT2D eigenvalue weighted by molar-refractivity contribution is 0.102. The minimum atomic E-state index is -1.41. The molecule has 0 N–H and O–H groups in total. The average Bonchev–Trinajstić information content (AvgIpc) is 2.71. The van der Waals surface area contributed by atoms with Gasteiger partial charge >= 0.3 is 0 Å². The van der Waals surface area contributed by atoms with Gasteiger partial charge in [0, 0.05) is 16.7 Å². The molecule has 0 heterocycles. The normalized spacial score (nSPS) is 18.1. The number of allylic oxidation sites excluding steroid dienone is 1. The highest BCUT2D eigenvalue weighted by Gasteiger charge is 2.48. The predicted molar refractivity (Wildman–Crippen MR) is 113 cm³/mol. The zero-order valence-corrected chi connectivity index (χ0v) is 16.5. The Balaban J connectivity index is 2.07. The van der Waals surface area contributed by atoms with Crippen molar-refractivity contribution in [3.8, 4) is 0 Å². The molecule has 0 fully saturated rings. The monoisotopic (exact) mass is 412 g/mol. The summed E-state index contributed by atoms with van der Waals surface area (Å²) in [6.45, 7) is 0. The highest BCUT2D eigenvalue weighted by molar-refractivity contribution is 6.54. The minimum absolute atomic E-state index is 0.148. The Hall–Kier alpha value is -2.06. The maximum atomic E-state index is 13.4. The molecule has 1 aliphatic carbocycles. The first-order valence-electron chi connectivity index (χ1n) is 8.53. The highest BCUT2D eigenvalue weighted by Crippen LogP contribution is 2.51. The van der Waals surface area contributed by atoms with E-state index in [1.165, 1.54) is 0 Å². The number of ketones is 1. The lowest BCUT2D eigenvalue weighted by Gasteiger charge is -2.35. The number of carbonyl (C=O) groups is 1. The van der Waals surface area contributed by atoms with Crippen LogP contribution in [-0.4, -0.2) is 11.2 Å². The van der Waals surface area contributed by atoms with E-state index in [0.717, 1.165) is 16.7 Å². The zero-order chi connectivity index (χ0) is 19.0. The van der Waals surface area contributed by atoms with Crippen molar-refractivity contribution in [1.82, 2.24) is 0 Å². The average molecular weight is 414 g/mol. The SMILES string of the molecule is O=C1C(=C(c2ccccc2)c2ccccc2)[C@@H](Cl)C(Cl)(Cl)c2ccccc21. The number of alkyl halides is 3. The van der Waals surface area contributed by atoms with E-state index in [4.69, 9.17) is 34.8 Å². The van der Waals surface area contributed by atoms with Gasteiger partial charge in [0.1, 0.15) is 5.38 Å². The second kappa shape index (κ2) is 7.16. The van der Waals surface area contributed by atoms with Crippen LogP contribution in [0.15, 0.2) is 90.5 Å². The van der Waals surface area contributed by atoms with Gasteiger partial charge in [0.25, 0.3) is 0 Å². The van der Waals surface area contributed by atoms with E-state index in [1.54, 1.807) is 24.3 Å². The summed E-state index contributed by atoms with van der Waals surface area (Å²) < 4.78 is -1.41. The summed E-state index contributed by atoms with van der Waals surface area (Å²) in [5.74, 6) is -0.148. The summed E-state index contributed by atoms with van der Waals surface area (Å²) >= 11 is 20.1. The van der Waals surface area contributed by atoms with Crippen LogP contribution in [-0.2, 0) is 4.33 Å². The summed E-state index contributed by atoms with van der Waals surface area (Å²) in [6.07, 6.45) is 0. The number of halogens is 3. The predicted octanol–water partition coefficient (Wildman–Crippen LogP) is 6.62. The number of hydrogen-bond acceptors (Lipinski definition) is 1. The van der Waals surface area contributed by atoms with E-state index >= 15 is 0 Å². The van der Waals surface area contributed by atoms with Gasteiger partial charge in [0.2, 0.25) is 0 Å². The van der Waals surface area contributed by atoms with E-state index in [2.05, 4.69) is 0 Å². The first kappa shape index (κ1) is 18.3. The topological polar surface area (TPSA) is 17.1 Å². The van der Waals surface area contributed by atoms with Crippen molar-refractivity contribution < 1.29 is 4.79 Å². The van der Waals surface area contributed by atoms with Gasteiger partial charge in [0.15, 0.2) is 10.1 Å². The van der Waals surface area contributed by atoms with Crippen LogP contribution in [0.4, 0.5) is 0 Å². The minimum Gasteiger partial charge on any atom is -0.289 e. The van der Waals surface area contributed by atoms with Crippen LogP contribution in [0.2, 0.25) is 0 Å². The van der Waals surface area contributed by atoms with Gasteiger partial charge in [-0.05, 0) is 16.7 Å². The third-order valence-electron chi connectivity index (χ3n) is 4.74. The summed E-state index contributed by atoms with van der Waals surface area (Å²) in [4.78, 5) is 13.4. The number of fused-ring (bicyclic) bond motifs is 1. The molecule has 4 heteroatoms. The fourth-order valence-electron chi connectivity index (χ4n) is 3.48. The molecule has 27 heavy (non-hydrogen) atoms. The third kappa shape index (κ3) is 3.10. The summed E-state index contributed by atoms with van der Waals surface area (Å²) in [5.41, 5.74) is 3.97. The van der Waals surface area contributed by atoms with Gasteiger partial charge in [-0.3, -0.25) is 4.79 Å². The van der Waals surface area contributed by atoms with Crippen molar-refractivity contribution in [3.05, 3.63) is 113 Å². The molecule has 0 saturated carbocycles. The van der Waals surface area contributed by atoms with Gasteiger partial charge in [-0.2, -0.15) is 0 Å². The van der Waals surface area contributed by atoms with E-state index in [1.807, 2.05) is 60.7 Å². The van der Waals surface area contributed by atoms with Crippen LogP contribution in [0, 0.1) is 0 Å². The van der Waals surface area contributed by atoms with Crippen molar-refractivity contribution in [1.29, 1.82) is 0 Å². The van der Waals surface area contributed by atoms with Crippen molar-refractivity contribution in [3.63, 3.8) is 0 Å². The molecule has 1 nitrogen and oxygen atoms in total. The first-order valence-corrected chi connectivity index (χ1v) is 9.72. The number of rotatable bonds is 2. The molecule has 0 saturated heterocycles. The van der Waals surface area contributed by atoms with E-state index in [0.29, 0.717) is 16.7 Å². The second-order valence-electron chi connectivity index (χ2n) is 6.38. The molecule has 0 aliphatic heterocycles. The first-order chi connectivity index (χ1) is 13.0. The largest absolute Gasteiger partial charge is 0.289 e. The van der Waals surface area contributed by atoms with Crippen LogP contribution in [0.3, 0.4) is 0 Å². The van der Waals surface area contributed by atoms with Crippen LogP contribution < -0.4 is 0 Å². The number of benzene rings is 3. The van der Waals surface area contributed by atoms with Gasteiger partial charge in [0.05, 0.1) is 0 Å². The van der Waals surface area contributed by atoms with Crippen molar-refractivity contribution >= 4 is 46.2 Å². The van der Waals surface area contributed by atoms with E-state index < -0.39 is 9.71 Å². The van der Waals surface area contributed by atoms with Crippen molar-refractivity contribution in [2.45, 2.75) is 9.71 Å². The molecule has 0 spiro atoms. The molecule has 1 atom stereocenters. The molecule has 134 valence electrons. The molecular formula is C23H15Cl3O. The number of Topliss-reactive ketones (excluding diaryl/α,β-unsaturated/α-hetero) is 1. The van der Waals surface area contributed by atoms with Gasteiger partial charge in [-0.25, -0.2) is 0 Å². The quantitative estimate of drug-likeness (QED) is 0.341. The smallest absolute Gasteiger partial charge is 0.191 e. The zero-order valence-electron chi connectivity index (χ0n) is 14.2. The second-order valence-corrected chi connectivity index (χ2v) is 8.20. The standard InChI is InChI=1S/C23H15Cl3O/c24-22-20(21(27)17-13-7-8-14-18(17)23(22,25)26)19(15-9-3-1-4-10-15)16-11-5-2-6-12-16/h1-14,22H/t22-/m1/s1. The molecule has 1 aliphatic rings. The highest BCUT2D eigenvalue weighted by atomic mass is 35.5. The molecule has 0 aromatic heterocycles. The Morgan fingerprint density at radius 1 is 0.741 bits per heavy atom. The molecule has 0 bridgehead atoms. The fraction of sp³-hybridized carbons (Fsp3) is 0.0870. The summed E-state index contributed by atoms with van der Waals surface area (Å²) in [5, 5.41) is -0.890. The van der Waals surface area contributed by atoms with Gasteiger partial charge < -0.3 is 0 Å². The van der Waals surface area contributed by atoms with Crippen LogP contribution in [0.1, 0.15) is 27.0 Å². The lowest BCUT2D eigenvalue weighted by Crippen LogP contribution is -2.37. The van der Waals surface area contributed by atoms with Crippen LogP contribution in [0.5, 0.6) is 0 Å². The third-order valence-corrected chi connectivity index (χ3v) is 6.35. The fourth-order valence-corrected chi connectivity index (χ4v) is 4.35. The molecule has 4 rings (SSSR count). The van der Waals surface area contributed by atoms with Gasteiger partial charge in [-0.15, -0.1) is 11.6 Å².